The van der Waals surface area contributed by atoms with E-state index in [4.69, 9.17) is 20.7 Å². The van der Waals surface area contributed by atoms with Gasteiger partial charge < -0.3 is 31.1 Å². The zero-order chi connectivity index (χ0) is 16.0. The van der Waals surface area contributed by atoms with Gasteiger partial charge in [-0.1, -0.05) is 12.1 Å². The van der Waals surface area contributed by atoms with Gasteiger partial charge in [-0.2, -0.15) is 0 Å². The maximum absolute atomic E-state index is 11.5. The molecule has 0 saturated heterocycles. The lowest BCUT2D eigenvalue weighted by Gasteiger charge is -2.22. The summed E-state index contributed by atoms with van der Waals surface area (Å²) in [5, 5.41) is 30.0. The largest absolute Gasteiger partial charge is 0.497 e. The number of amides is 1. The number of hydrogen-bond acceptors (Lipinski definition) is 6. The van der Waals surface area contributed by atoms with Gasteiger partial charge in [0.05, 0.1) is 13.7 Å². The second kappa shape index (κ2) is 7.58. The summed E-state index contributed by atoms with van der Waals surface area (Å²) in [6.07, 6.45) is -1.47. The summed E-state index contributed by atoms with van der Waals surface area (Å²) < 4.78 is 4.96. The predicted molar refractivity (Wildman–Crippen MR) is 72.6 cm³/mol. The van der Waals surface area contributed by atoms with Gasteiger partial charge in [0.15, 0.2) is 6.04 Å². The fourth-order valence-electron chi connectivity index (χ4n) is 1.61. The molecule has 0 fully saturated rings. The zero-order valence-electron chi connectivity index (χ0n) is 11.4. The predicted octanol–water partition coefficient (Wildman–Crippen LogP) is -1.38. The molecule has 1 amide bonds. The number of nitrogens with two attached hydrogens (primary N) is 1. The Balaban J connectivity index is 2.88. The smallest absolute Gasteiger partial charge is 0.329 e. The van der Waals surface area contributed by atoms with Crippen molar-refractivity contribution in [2.45, 2.75) is 18.2 Å². The number of carboxylic acids is 1. The molecule has 0 bridgehead atoms. The van der Waals surface area contributed by atoms with Crippen molar-refractivity contribution in [2.75, 3.05) is 13.7 Å². The molecule has 2 unspecified atom stereocenters. The Morgan fingerprint density at radius 1 is 1.33 bits per heavy atom. The average Bonchev–Trinajstić information content (AvgIpc) is 2.50. The highest BCUT2D eigenvalue weighted by atomic mass is 16.5. The number of hydrogen-bond donors (Lipinski definition) is 5. The molecule has 0 radical (unpaired) electrons. The maximum Gasteiger partial charge on any atom is 0.329 e. The van der Waals surface area contributed by atoms with Gasteiger partial charge in [-0.05, 0) is 17.7 Å². The molecule has 0 aliphatic rings. The molecule has 0 aliphatic heterocycles. The van der Waals surface area contributed by atoms with Crippen molar-refractivity contribution < 1.29 is 29.6 Å². The minimum absolute atomic E-state index is 0.293. The summed E-state index contributed by atoms with van der Waals surface area (Å²) >= 11 is 0. The number of carboxylic acid groups (broad SMARTS) is 1. The lowest BCUT2D eigenvalue weighted by molar-refractivity contribution is -0.145. The lowest BCUT2D eigenvalue weighted by Crippen LogP contribution is -2.52. The van der Waals surface area contributed by atoms with Crippen LogP contribution >= 0.6 is 0 Å². The quantitative estimate of drug-likeness (QED) is 0.417. The SMILES string of the molecule is COc1ccc(C(O)C(NC(=O)[C@@H](N)CO)C(=O)O)cc1. The van der Waals surface area contributed by atoms with Gasteiger partial charge in [-0.25, -0.2) is 4.79 Å². The number of aliphatic hydroxyl groups excluding tert-OH is 2. The Bertz CT molecular complexity index is 490. The number of carbonyl (C=O) groups is 2. The summed E-state index contributed by atoms with van der Waals surface area (Å²) in [6.45, 7) is -0.628. The monoisotopic (exact) mass is 298 g/mol. The van der Waals surface area contributed by atoms with Crippen LogP contribution in [0.1, 0.15) is 11.7 Å². The van der Waals surface area contributed by atoms with E-state index in [2.05, 4.69) is 5.32 Å². The number of aliphatic carboxylic acids is 1. The number of benzene rings is 1. The number of carbonyl (C=O) groups excluding carboxylic acids is 1. The summed E-state index contributed by atoms with van der Waals surface area (Å²) in [7, 11) is 1.47. The summed E-state index contributed by atoms with van der Waals surface area (Å²) in [5.41, 5.74) is 5.58. The van der Waals surface area contributed by atoms with E-state index < -0.39 is 36.7 Å². The molecule has 1 rings (SSSR count). The van der Waals surface area contributed by atoms with Gasteiger partial charge in [0, 0.05) is 0 Å². The van der Waals surface area contributed by atoms with E-state index in [1.54, 1.807) is 12.1 Å². The van der Waals surface area contributed by atoms with Crippen LogP contribution in [0.2, 0.25) is 0 Å². The van der Waals surface area contributed by atoms with E-state index in [0.717, 1.165) is 0 Å². The van der Waals surface area contributed by atoms with Crippen LogP contribution in [0.4, 0.5) is 0 Å². The van der Waals surface area contributed by atoms with Crippen LogP contribution in [-0.2, 0) is 9.59 Å². The van der Waals surface area contributed by atoms with Crippen molar-refractivity contribution in [3.8, 4) is 5.75 Å². The molecular formula is C13H18N2O6. The molecule has 1 aromatic rings. The maximum atomic E-state index is 11.5. The normalized spacial score (nSPS) is 14.9. The van der Waals surface area contributed by atoms with Crippen molar-refractivity contribution in [2.24, 2.45) is 5.73 Å². The van der Waals surface area contributed by atoms with Gasteiger partial charge in [0.25, 0.3) is 0 Å². The number of nitrogens with one attached hydrogen (secondary N) is 1. The fraction of sp³-hybridized carbons (Fsp3) is 0.385. The highest BCUT2D eigenvalue weighted by molar-refractivity contribution is 5.87. The summed E-state index contributed by atoms with van der Waals surface area (Å²) in [4.78, 5) is 22.7. The third-order valence-corrected chi connectivity index (χ3v) is 2.87. The van der Waals surface area contributed by atoms with Crippen LogP contribution < -0.4 is 15.8 Å². The van der Waals surface area contributed by atoms with Crippen molar-refractivity contribution in [1.29, 1.82) is 0 Å². The second-order valence-electron chi connectivity index (χ2n) is 4.33. The van der Waals surface area contributed by atoms with Gasteiger partial charge in [0.1, 0.15) is 17.9 Å². The van der Waals surface area contributed by atoms with Crippen LogP contribution in [0, 0.1) is 0 Å². The molecule has 8 nitrogen and oxygen atoms in total. The second-order valence-corrected chi connectivity index (χ2v) is 4.33. The Kier molecular flexibility index (Phi) is 6.10. The van der Waals surface area contributed by atoms with E-state index in [0.29, 0.717) is 11.3 Å². The van der Waals surface area contributed by atoms with Gasteiger partial charge in [-0.3, -0.25) is 4.79 Å². The van der Waals surface area contributed by atoms with Crippen molar-refractivity contribution in [3.05, 3.63) is 29.8 Å². The standard InChI is InChI=1S/C13H18N2O6/c1-21-8-4-2-7(3-5-8)11(17)10(13(19)20)15-12(18)9(14)6-16/h2-5,9-11,16-17H,6,14H2,1H3,(H,15,18)(H,19,20)/t9-,10?,11?/m0/s1. The molecule has 6 N–H and O–H groups in total. The molecule has 0 heterocycles. The summed E-state index contributed by atoms with van der Waals surface area (Å²) in [6, 6.07) is 3.24. The number of methoxy groups -OCH3 is 1. The van der Waals surface area contributed by atoms with E-state index in [-0.39, 0.29) is 0 Å². The Morgan fingerprint density at radius 2 is 1.90 bits per heavy atom. The van der Waals surface area contributed by atoms with Crippen LogP contribution in [0.15, 0.2) is 24.3 Å². The Morgan fingerprint density at radius 3 is 2.33 bits per heavy atom. The van der Waals surface area contributed by atoms with Crippen molar-refractivity contribution in [3.63, 3.8) is 0 Å². The third kappa shape index (κ3) is 4.42. The average molecular weight is 298 g/mol. The zero-order valence-corrected chi connectivity index (χ0v) is 11.4. The molecule has 116 valence electrons. The summed E-state index contributed by atoms with van der Waals surface area (Å²) in [5.74, 6) is -1.74. The van der Waals surface area contributed by atoms with E-state index >= 15 is 0 Å². The molecule has 8 heteroatoms. The molecule has 3 atom stereocenters. The van der Waals surface area contributed by atoms with Crippen LogP contribution in [0.3, 0.4) is 0 Å². The minimum atomic E-state index is -1.58. The third-order valence-electron chi connectivity index (χ3n) is 2.87. The highest BCUT2D eigenvalue weighted by Gasteiger charge is 2.30. The molecule has 0 aromatic heterocycles. The first kappa shape index (κ1) is 16.9. The minimum Gasteiger partial charge on any atom is -0.497 e. The molecule has 1 aromatic carbocycles. The Hall–Kier alpha value is -2.16. The van der Waals surface area contributed by atoms with Crippen LogP contribution in [-0.4, -0.2) is 53.0 Å². The first-order valence-corrected chi connectivity index (χ1v) is 6.12. The van der Waals surface area contributed by atoms with E-state index in [9.17, 15) is 14.7 Å². The number of aliphatic hydroxyl groups is 2. The first-order valence-electron chi connectivity index (χ1n) is 6.12. The van der Waals surface area contributed by atoms with Gasteiger partial charge >= 0.3 is 5.97 Å². The van der Waals surface area contributed by atoms with E-state index in [1.165, 1.54) is 19.2 Å². The molecule has 0 saturated carbocycles. The molecule has 0 aliphatic carbocycles. The van der Waals surface area contributed by atoms with Crippen molar-refractivity contribution >= 4 is 11.9 Å². The Labute approximate surface area is 121 Å². The van der Waals surface area contributed by atoms with E-state index in [1.807, 2.05) is 0 Å². The van der Waals surface area contributed by atoms with Gasteiger partial charge in [-0.15, -0.1) is 0 Å². The molecule has 21 heavy (non-hydrogen) atoms. The van der Waals surface area contributed by atoms with Crippen LogP contribution in [0.25, 0.3) is 0 Å². The number of rotatable bonds is 7. The fourth-order valence-corrected chi connectivity index (χ4v) is 1.61. The topological polar surface area (TPSA) is 142 Å². The number of ether oxygens (including phenoxy) is 1. The van der Waals surface area contributed by atoms with Crippen LogP contribution in [0.5, 0.6) is 5.75 Å². The highest BCUT2D eigenvalue weighted by Crippen LogP contribution is 2.20. The lowest BCUT2D eigenvalue weighted by atomic mass is 10.0. The molecular weight excluding hydrogens is 280 g/mol. The van der Waals surface area contributed by atoms with Gasteiger partial charge in [0.2, 0.25) is 5.91 Å². The first-order chi connectivity index (χ1) is 9.90. The van der Waals surface area contributed by atoms with Crippen molar-refractivity contribution in [1.82, 2.24) is 5.32 Å². The molecule has 0 spiro atoms.